The summed E-state index contributed by atoms with van der Waals surface area (Å²) in [5.74, 6) is 0. The standard InChI is InChI=1S/C10H11N/c1-2-6-10(11)9-7-4-3-5-8-9/h2-8,11H,1H3/b6-2-,11-10?. The average molecular weight is 145 g/mol. The van der Waals surface area contributed by atoms with Gasteiger partial charge in [-0.25, -0.2) is 0 Å². The highest BCUT2D eigenvalue weighted by atomic mass is 14.4. The Kier molecular flexibility index (Phi) is 2.61. The number of rotatable bonds is 2. The molecule has 1 aromatic rings. The predicted molar refractivity (Wildman–Crippen MR) is 48.1 cm³/mol. The minimum atomic E-state index is 0.563. The van der Waals surface area contributed by atoms with Gasteiger partial charge >= 0.3 is 0 Å². The number of hydrogen-bond acceptors (Lipinski definition) is 1. The van der Waals surface area contributed by atoms with E-state index in [0.29, 0.717) is 5.71 Å². The van der Waals surface area contributed by atoms with Crippen LogP contribution in [0.15, 0.2) is 42.5 Å². The molecule has 0 saturated carbocycles. The van der Waals surface area contributed by atoms with Crippen molar-refractivity contribution < 1.29 is 0 Å². The number of hydrogen-bond donors (Lipinski definition) is 1. The molecule has 1 heteroatoms. The van der Waals surface area contributed by atoms with Gasteiger partial charge in [-0.1, -0.05) is 36.4 Å². The van der Waals surface area contributed by atoms with Gasteiger partial charge in [-0.3, -0.25) is 0 Å². The fourth-order valence-corrected chi connectivity index (χ4v) is 0.881. The third kappa shape index (κ3) is 2.04. The van der Waals surface area contributed by atoms with Crippen LogP contribution in [0.25, 0.3) is 0 Å². The zero-order valence-electron chi connectivity index (χ0n) is 6.54. The molecule has 0 aromatic heterocycles. The molecule has 0 unspecified atom stereocenters. The van der Waals surface area contributed by atoms with E-state index in [4.69, 9.17) is 5.41 Å². The normalized spacial score (nSPS) is 10.3. The van der Waals surface area contributed by atoms with Crippen LogP contribution in [0, 0.1) is 5.41 Å². The first-order valence-corrected chi connectivity index (χ1v) is 3.61. The number of nitrogens with one attached hydrogen (secondary N) is 1. The third-order valence-corrected chi connectivity index (χ3v) is 1.42. The van der Waals surface area contributed by atoms with E-state index in [0.717, 1.165) is 5.56 Å². The van der Waals surface area contributed by atoms with E-state index in [9.17, 15) is 0 Å². The first-order chi connectivity index (χ1) is 5.34. The lowest BCUT2D eigenvalue weighted by atomic mass is 10.1. The highest BCUT2D eigenvalue weighted by Gasteiger charge is 1.92. The maximum absolute atomic E-state index is 7.54. The van der Waals surface area contributed by atoms with Crippen LogP contribution in [0.4, 0.5) is 0 Å². The van der Waals surface area contributed by atoms with Gasteiger partial charge in [-0.2, -0.15) is 0 Å². The molecular weight excluding hydrogens is 134 g/mol. The molecule has 0 atom stereocenters. The molecule has 0 bridgehead atoms. The zero-order chi connectivity index (χ0) is 8.10. The number of allylic oxidation sites excluding steroid dienone is 2. The van der Waals surface area contributed by atoms with Crippen LogP contribution in [-0.4, -0.2) is 5.71 Å². The van der Waals surface area contributed by atoms with Crippen LogP contribution < -0.4 is 0 Å². The van der Waals surface area contributed by atoms with E-state index in [1.54, 1.807) is 6.08 Å². The van der Waals surface area contributed by atoms with Crippen LogP contribution in [0.2, 0.25) is 0 Å². The summed E-state index contributed by atoms with van der Waals surface area (Å²) >= 11 is 0. The van der Waals surface area contributed by atoms with Gasteiger partial charge in [0.1, 0.15) is 0 Å². The largest absolute Gasteiger partial charge is 0.300 e. The van der Waals surface area contributed by atoms with Crippen LogP contribution in [0.3, 0.4) is 0 Å². The van der Waals surface area contributed by atoms with Gasteiger partial charge < -0.3 is 5.41 Å². The second-order valence-electron chi connectivity index (χ2n) is 2.28. The van der Waals surface area contributed by atoms with E-state index < -0.39 is 0 Å². The fourth-order valence-electron chi connectivity index (χ4n) is 0.881. The lowest BCUT2D eigenvalue weighted by Crippen LogP contribution is -1.91. The monoisotopic (exact) mass is 145 g/mol. The molecule has 0 saturated heterocycles. The molecule has 0 heterocycles. The number of benzene rings is 1. The van der Waals surface area contributed by atoms with Crippen molar-refractivity contribution >= 4 is 5.71 Å². The summed E-state index contributed by atoms with van der Waals surface area (Å²) in [7, 11) is 0. The Hall–Kier alpha value is -1.37. The summed E-state index contributed by atoms with van der Waals surface area (Å²) in [6.07, 6.45) is 3.66. The van der Waals surface area contributed by atoms with Crippen molar-refractivity contribution in [3.63, 3.8) is 0 Å². The van der Waals surface area contributed by atoms with Crippen LogP contribution in [-0.2, 0) is 0 Å². The lowest BCUT2D eigenvalue weighted by Gasteiger charge is -1.95. The smallest absolute Gasteiger partial charge is 0.0608 e. The van der Waals surface area contributed by atoms with Crippen LogP contribution in [0.5, 0.6) is 0 Å². The Bertz CT molecular complexity index is 259. The molecule has 0 radical (unpaired) electrons. The van der Waals surface area contributed by atoms with Crippen molar-refractivity contribution in [1.82, 2.24) is 0 Å². The first kappa shape index (κ1) is 7.73. The summed E-state index contributed by atoms with van der Waals surface area (Å²) in [5, 5.41) is 7.54. The summed E-state index contributed by atoms with van der Waals surface area (Å²) in [6.45, 7) is 1.91. The molecule has 11 heavy (non-hydrogen) atoms. The van der Waals surface area contributed by atoms with Gasteiger partial charge in [-0.15, -0.1) is 0 Å². The van der Waals surface area contributed by atoms with Gasteiger partial charge in [0.15, 0.2) is 0 Å². The van der Waals surface area contributed by atoms with Crippen LogP contribution >= 0.6 is 0 Å². The molecule has 0 aliphatic rings. The second kappa shape index (κ2) is 3.71. The molecule has 0 fully saturated rings. The molecule has 0 spiro atoms. The van der Waals surface area contributed by atoms with Crippen molar-refractivity contribution in [2.45, 2.75) is 6.92 Å². The van der Waals surface area contributed by atoms with Crippen LogP contribution in [0.1, 0.15) is 12.5 Å². The van der Waals surface area contributed by atoms with Gasteiger partial charge in [0.05, 0.1) is 5.71 Å². The van der Waals surface area contributed by atoms with E-state index in [1.165, 1.54) is 0 Å². The highest BCUT2D eigenvalue weighted by Crippen LogP contribution is 1.99. The van der Waals surface area contributed by atoms with E-state index >= 15 is 0 Å². The van der Waals surface area contributed by atoms with Crippen molar-refractivity contribution in [2.75, 3.05) is 0 Å². The quantitative estimate of drug-likeness (QED) is 0.618. The minimum absolute atomic E-state index is 0.563. The molecule has 1 aromatic carbocycles. The Morgan fingerprint density at radius 1 is 1.27 bits per heavy atom. The third-order valence-electron chi connectivity index (χ3n) is 1.42. The fraction of sp³-hybridized carbons (Fsp3) is 0.100. The van der Waals surface area contributed by atoms with Gasteiger partial charge in [0, 0.05) is 0 Å². The predicted octanol–water partition coefficient (Wildman–Crippen LogP) is 2.63. The summed E-state index contributed by atoms with van der Waals surface area (Å²) < 4.78 is 0. The average Bonchev–Trinajstić information content (AvgIpc) is 2.07. The topological polar surface area (TPSA) is 23.9 Å². The van der Waals surface area contributed by atoms with Gasteiger partial charge in [-0.05, 0) is 18.6 Å². The Labute approximate surface area is 66.9 Å². The Morgan fingerprint density at radius 3 is 2.45 bits per heavy atom. The van der Waals surface area contributed by atoms with E-state index in [2.05, 4.69) is 0 Å². The molecule has 1 rings (SSSR count). The summed E-state index contributed by atoms with van der Waals surface area (Å²) in [4.78, 5) is 0. The van der Waals surface area contributed by atoms with Crippen molar-refractivity contribution in [1.29, 1.82) is 5.41 Å². The van der Waals surface area contributed by atoms with Gasteiger partial charge in [0.2, 0.25) is 0 Å². The highest BCUT2D eigenvalue weighted by molar-refractivity contribution is 6.06. The zero-order valence-corrected chi connectivity index (χ0v) is 6.54. The molecule has 1 N–H and O–H groups in total. The first-order valence-electron chi connectivity index (χ1n) is 3.61. The minimum Gasteiger partial charge on any atom is -0.300 e. The molecule has 1 nitrogen and oxygen atoms in total. The van der Waals surface area contributed by atoms with Gasteiger partial charge in [0.25, 0.3) is 0 Å². The lowest BCUT2D eigenvalue weighted by molar-refractivity contribution is 1.49. The molecule has 56 valence electrons. The molecule has 0 aliphatic carbocycles. The molecule has 0 amide bonds. The SMILES string of the molecule is C/C=C\C(=N)c1ccccc1. The maximum Gasteiger partial charge on any atom is 0.0608 e. The second-order valence-corrected chi connectivity index (χ2v) is 2.28. The summed E-state index contributed by atoms with van der Waals surface area (Å²) in [5.41, 5.74) is 1.53. The van der Waals surface area contributed by atoms with E-state index in [-0.39, 0.29) is 0 Å². The van der Waals surface area contributed by atoms with Crippen molar-refractivity contribution in [2.24, 2.45) is 0 Å². The molecular formula is C10H11N. The maximum atomic E-state index is 7.54. The van der Waals surface area contributed by atoms with E-state index in [1.807, 2.05) is 43.3 Å². The molecule has 0 aliphatic heterocycles. The Balaban J connectivity index is 2.86. The van der Waals surface area contributed by atoms with Crippen molar-refractivity contribution in [3.05, 3.63) is 48.0 Å². The van der Waals surface area contributed by atoms with Crippen molar-refractivity contribution in [3.8, 4) is 0 Å². The summed E-state index contributed by atoms with van der Waals surface area (Å²) in [6, 6.07) is 9.69. The Morgan fingerprint density at radius 2 is 1.91 bits per heavy atom.